The van der Waals surface area contributed by atoms with Crippen LogP contribution in [0.3, 0.4) is 0 Å². The zero-order valence-corrected chi connectivity index (χ0v) is 13.4. The molecule has 102 valence electrons. The molecule has 0 aliphatic rings. The predicted octanol–water partition coefficient (Wildman–Crippen LogP) is 3.56. The van der Waals surface area contributed by atoms with Gasteiger partial charge in [0.25, 0.3) is 5.91 Å². The van der Waals surface area contributed by atoms with E-state index >= 15 is 0 Å². The van der Waals surface area contributed by atoms with Gasteiger partial charge in [-0.15, -0.1) is 0 Å². The van der Waals surface area contributed by atoms with Gasteiger partial charge in [0, 0.05) is 20.2 Å². The van der Waals surface area contributed by atoms with Crippen LogP contribution in [-0.4, -0.2) is 11.8 Å². The van der Waals surface area contributed by atoms with E-state index in [4.69, 9.17) is 5.73 Å². The van der Waals surface area contributed by atoms with Gasteiger partial charge < -0.3 is 11.1 Å². The van der Waals surface area contributed by atoms with Crippen molar-refractivity contribution in [2.75, 3.05) is 5.32 Å². The Morgan fingerprint density at radius 3 is 2.25 bits per heavy atom. The summed E-state index contributed by atoms with van der Waals surface area (Å²) in [5.74, 6) is -0.748. The van der Waals surface area contributed by atoms with E-state index in [1.54, 1.807) is 36.4 Å². The number of carbonyl (C=O) groups is 2. The molecular formula is C14H10Br2N2O2. The van der Waals surface area contributed by atoms with E-state index in [1.165, 1.54) is 0 Å². The van der Waals surface area contributed by atoms with Crippen LogP contribution in [0.4, 0.5) is 5.69 Å². The van der Waals surface area contributed by atoms with Crippen molar-refractivity contribution in [1.29, 1.82) is 0 Å². The van der Waals surface area contributed by atoms with Gasteiger partial charge in [-0.25, -0.2) is 0 Å². The van der Waals surface area contributed by atoms with Crippen LogP contribution in [0.5, 0.6) is 0 Å². The van der Waals surface area contributed by atoms with Gasteiger partial charge in [0.15, 0.2) is 0 Å². The number of halogens is 2. The molecule has 0 unspecified atom stereocenters. The predicted molar refractivity (Wildman–Crippen MR) is 84.8 cm³/mol. The molecule has 0 spiro atoms. The van der Waals surface area contributed by atoms with E-state index in [-0.39, 0.29) is 5.91 Å². The minimum absolute atomic E-state index is 0.245. The Hall–Kier alpha value is -1.66. The van der Waals surface area contributed by atoms with Gasteiger partial charge in [-0.05, 0) is 58.4 Å². The van der Waals surface area contributed by atoms with Crippen LogP contribution in [0.1, 0.15) is 20.7 Å². The summed E-state index contributed by atoms with van der Waals surface area (Å²) >= 11 is 6.66. The second-order valence-electron chi connectivity index (χ2n) is 4.02. The lowest BCUT2D eigenvalue weighted by molar-refractivity contribution is 0.0998. The fourth-order valence-electron chi connectivity index (χ4n) is 1.59. The summed E-state index contributed by atoms with van der Waals surface area (Å²) in [6.07, 6.45) is 0. The zero-order chi connectivity index (χ0) is 14.7. The number of hydrogen-bond acceptors (Lipinski definition) is 2. The fourth-order valence-corrected chi connectivity index (χ4v) is 2.38. The molecule has 0 saturated heterocycles. The number of primary amides is 1. The van der Waals surface area contributed by atoms with E-state index in [2.05, 4.69) is 37.2 Å². The van der Waals surface area contributed by atoms with Crippen LogP contribution in [0, 0.1) is 0 Å². The van der Waals surface area contributed by atoms with Crippen LogP contribution in [0.25, 0.3) is 0 Å². The molecule has 20 heavy (non-hydrogen) atoms. The average molecular weight is 398 g/mol. The number of nitrogens with two attached hydrogens (primary N) is 1. The van der Waals surface area contributed by atoms with Gasteiger partial charge >= 0.3 is 0 Å². The maximum Gasteiger partial charge on any atom is 0.256 e. The highest BCUT2D eigenvalue weighted by Crippen LogP contribution is 2.22. The summed E-state index contributed by atoms with van der Waals surface area (Å²) in [5.41, 5.74) is 6.65. The normalized spacial score (nSPS) is 10.1. The molecule has 2 aromatic carbocycles. The van der Waals surface area contributed by atoms with Gasteiger partial charge in [-0.3, -0.25) is 9.59 Å². The highest BCUT2D eigenvalue weighted by Gasteiger charge is 2.11. The zero-order valence-electron chi connectivity index (χ0n) is 10.2. The molecule has 6 heteroatoms. The third kappa shape index (κ3) is 3.46. The smallest absolute Gasteiger partial charge is 0.256 e. The number of hydrogen-bond donors (Lipinski definition) is 2. The van der Waals surface area contributed by atoms with Crippen LogP contribution in [0.2, 0.25) is 0 Å². The molecule has 0 aliphatic heterocycles. The quantitative estimate of drug-likeness (QED) is 0.830. The van der Waals surface area contributed by atoms with E-state index in [9.17, 15) is 9.59 Å². The number of amides is 2. The van der Waals surface area contributed by atoms with Crippen molar-refractivity contribution < 1.29 is 9.59 Å². The summed E-state index contributed by atoms with van der Waals surface area (Å²) in [5, 5.41) is 2.75. The first kappa shape index (κ1) is 14.7. The van der Waals surface area contributed by atoms with Crippen molar-refractivity contribution >= 4 is 49.4 Å². The molecule has 0 heterocycles. The van der Waals surface area contributed by atoms with Gasteiger partial charge in [0.05, 0.1) is 5.56 Å². The number of rotatable bonds is 3. The minimum atomic E-state index is -0.502. The Balaban J connectivity index is 2.19. The van der Waals surface area contributed by atoms with Crippen molar-refractivity contribution in [3.05, 3.63) is 62.5 Å². The van der Waals surface area contributed by atoms with E-state index in [0.29, 0.717) is 21.3 Å². The Kier molecular flexibility index (Phi) is 4.57. The number of nitrogens with one attached hydrogen (secondary N) is 1. The van der Waals surface area contributed by atoms with Gasteiger partial charge in [0.1, 0.15) is 0 Å². The lowest BCUT2D eigenvalue weighted by atomic mass is 10.2. The van der Waals surface area contributed by atoms with E-state index in [0.717, 1.165) is 4.47 Å². The largest absolute Gasteiger partial charge is 0.366 e. The second kappa shape index (κ2) is 6.19. The van der Waals surface area contributed by atoms with Crippen LogP contribution >= 0.6 is 31.9 Å². The van der Waals surface area contributed by atoms with E-state index < -0.39 is 5.91 Å². The molecule has 0 atom stereocenters. The molecule has 0 saturated carbocycles. The third-order valence-corrected chi connectivity index (χ3v) is 3.79. The highest BCUT2D eigenvalue weighted by atomic mass is 79.9. The second-order valence-corrected chi connectivity index (χ2v) is 5.79. The summed E-state index contributed by atoms with van der Waals surface area (Å²) in [6, 6.07) is 11.7. The topological polar surface area (TPSA) is 72.2 Å². The summed E-state index contributed by atoms with van der Waals surface area (Å²) < 4.78 is 1.52. The molecular weight excluding hydrogens is 388 g/mol. The van der Waals surface area contributed by atoms with Crippen LogP contribution < -0.4 is 11.1 Å². The monoisotopic (exact) mass is 396 g/mol. The van der Waals surface area contributed by atoms with Gasteiger partial charge in [0.2, 0.25) is 5.91 Å². The molecule has 0 bridgehead atoms. The Labute approximate surface area is 132 Å². The molecule has 2 aromatic rings. The molecule has 2 rings (SSSR count). The number of carbonyl (C=O) groups excluding carboxylic acids is 2. The summed E-state index contributed by atoms with van der Waals surface area (Å²) in [4.78, 5) is 23.1. The summed E-state index contributed by atoms with van der Waals surface area (Å²) in [7, 11) is 0. The van der Waals surface area contributed by atoms with Crippen molar-refractivity contribution in [2.24, 2.45) is 5.73 Å². The third-order valence-electron chi connectivity index (χ3n) is 2.60. The van der Waals surface area contributed by atoms with Crippen LogP contribution in [0.15, 0.2) is 51.4 Å². The Morgan fingerprint density at radius 1 is 1.00 bits per heavy atom. The molecule has 0 aliphatic carbocycles. The first-order valence-corrected chi connectivity index (χ1v) is 7.22. The molecule has 2 amide bonds. The Bertz CT molecular complexity index is 669. The van der Waals surface area contributed by atoms with Crippen molar-refractivity contribution in [3.8, 4) is 0 Å². The SMILES string of the molecule is NC(=O)c1ccc(NC(=O)c2cc(Br)ccc2Br)cc1. The minimum Gasteiger partial charge on any atom is -0.366 e. The van der Waals surface area contributed by atoms with Crippen LogP contribution in [-0.2, 0) is 0 Å². The highest BCUT2D eigenvalue weighted by molar-refractivity contribution is 9.11. The first-order valence-electron chi connectivity index (χ1n) is 5.63. The lowest BCUT2D eigenvalue weighted by Crippen LogP contribution is -2.14. The molecule has 0 fully saturated rings. The molecule has 0 aromatic heterocycles. The van der Waals surface area contributed by atoms with Gasteiger partial charge in [-0.2, -0.15) is 0 Å². The van der Waals surface area contributed by atoms with E-state index in [1.807, 2.05) is 6.07 Å². The van der Waals surface area contributed by atoms with Gasteiger partial charge in [-0.1, -0.05) is 15.9 Å². The fraction of sp³-hybridized carbons (Fsp3) is 0. The number of benzene rings is 2. The van der Waals surface area contributed by atoms with Crippen molar-refractivity contribution in [2.45, 2.75) is 0 Å². The molecule has 3 N–H and O–H groups in total. The standard InChI is InChI=1S/C14H10Br2N2O2/c15-9-3-6-12(16)11(7-9)14(20)18-10-4-1-8(2-5-10)13(17)19/h1-7H,(H2,17,19)(H,18,20). The Morgan fingerprint density at radius 2 is 1.65 bits per heavy atom. The maximum atomic E-state index is 12.2. The number of anilines is 1. The molecule has 0 radical (unpaired) electrons. The maximum absolute atomic E-state index is 12.2. The summed E-state index contributed by atoms with van der Waals surface area (Å²) in [6.45, 7) is 0. The van der Waals surface area contributed by atoms with Crippen molar-refractivity contribution in [1.82, 2.24) is 0 Å². The molecule has 4 nitrogen and oxygen atoms in total. The van der Waals surface area contributed by atoms with Crippen molar-refractivity contribution in [3.63, 3.8) is 0 Å². The average Bonchev–Trinajstić information content (AvgIpc) is 2.42. The first-order chi connectivity index (χ1) is 9.47. The lowest BCUT2D eigenvalue weighted by Gasteiger charge is -2.08.